The molecule has 0 saturated carbocycles. The lowest BCUT2D eigenvalue weighted by Gasteiger charge is -2.10. The molecular formula is C6H16ClN5O2. The molecule has 0 unspecified atom stereocenters. The Morgan fingerprint density at radius 3 is 2.50 bits per heavy atom. The van der Waals surface area contributed by atoms with Crippen LogP contribution in [0, 0.1) is 5.41 Å². The summed E-state index contributed by atoms with van der Waals surface area (Å²) in [7, 11) is 0. The monoisotopic (exact) mass is 225 g/mol. The van der Waals surface area contributed by atoms with Gasteiger partial charge in [-0.2, -0.15) is 0 Å². The maximum atomic E-state index is 10.4. The van der Waals surface area contributed by atoms with E-state index in [1.165, 1.54) is 0 Å². The van der Waals surface area contributed by atoms with Crippen LogP contribution in [0.4, 0.5) is 0 Å². The fourth-order valence-corrected chi connectivity index (χ4v) is 0.807. The summed E-state index contributed by atoms with van der Waals surface area (Å²) >= 11 is 0. The van der Waals surface area contributed by atoms with Crippen molar-refractivity contribution >= 4 is 24.3 Å². The quantitative estimate of drug-likeness (QED) is 0.108. The second-order valence-electron chi connectivity index (χ2n) is 2.54. The van der Waals surface area contributed by atoms with Crippen LogP contribution in [0.5, 0.6) is 0 Å². The van der Waals surface area contributed by atoms with Crippen molar-refractivity contribution in [2.45, 2.75) is 18.9 Å². The molecule has 84 valence electrons. The Morgan fingerprint density at radius 2 is 2.14 bits per heavy atom. The van der Waals surface area contributed by atoms with Crippen LogP contribution in [0.1, 0.15) is 12.8 Å². The Balaban J connectivity index is 0. The zero-order valence-corrected chi connectivity index (χ0v) is 8.43. The fourth-order valence-electron chi connectivity index (χ4n) is 0.807. The van der Waals surface area contributed by atoms with Gasteiger partial charge < -0.3 is 16.2 Å². The van der Waals surface area contributed by atoms with Crippen LogP contribution in [0.15, 0.2) is 0 Å². The highest BCUT2D eigenvalue weighted by atomic mass is 35.5. The van der Waals surface area contributed by atoms with Crippen molar-refractivity contribution in [1.82, 2.24) is 10.7 Å². The van der Waals surface area contributed by atoms with Crippen molar-refractivity contribution in [1.29, 1.82) is 5.41 Å². The molecule has 0 aromatic heterocycles. The molecule has 0 aliphatic rings. The summed E-state index contributed by atoms with van der Waals surface area (Å²) in [4.78, 5) is 10.4. The first kappa shape index (κ1) is 15.4. The molecule has 0 amide bonds. The summed E-state index contributed by atoms with van der Waals surface area (Å²) in [6.07, 6.45) is 0.979. The van der Waals surface area contributed by atoms with Gasteiger partial charge in [0, 0.05) is 6.54 Å². The number of carboxylic acid groups (broad SMARTS) is 1. The van der Waals surface area contributed by atoms with E-state index in [1.807, 2.05) is 0 Å². The number of guanidine groups is 1. The van der Waals surface area contributed by atoms with Crippen LogP contribution in [-0.2, 0) is 4.79 Å². The lowest BCUT2D eigenvalue weighted by atomic mass is 10.1. The van der Waals surface area contributed by atoms with Gasteiger partial charge in [-0.15, -0.1) is 12.4 Å². The summed E-state index contributed by atoms with van der Waals surface area (Å²) in [5.74, 6) is 3.90. The second-order valence-corrected chi connectivity index (χ2v) is 2.54. The highest BCUT2D eigenvalue weighted by molar-refractivity contribution is 5.85. The first-order valence-electron chi connectivity index (χ1n) is 3.84. The van der Waals surface area contributed by atoms with E-state index in [-0.39, 0.29) is 18.4 Å². The molecular weight excluding hydrogens is 210 g/mol. The standard InChI is InChI=1S/C6H15N5O2.ClH/c7-6(8)10-3-1-2-4(11-9)5(12)13;/h4,11H,1-3,9H2,(H,12,13)(H4,7,8,10);1H/t4-;/m0./s1. The summed E-state index contributed by atoms with van der Waals surface area (Å²) in [5, 5.41) is 17.9. The van der Waals surface area contributed by atoms with Crippen molar-refractivity contribution in [3.8, 4) is 0 Å². The molecule has 0 radical (unpaired) electrons. The number of hydrazine groups is 1. The Bertz CT molecular complexity index is 189. The van der Waals surface area contributed by atoms with Gasteiger partial charge in [-0.25, -0.2) is 5.43 Å². The maximum Gasteiger partial charge on any atom is 0.322 e. The Hall–Kier alpha value is -1.05. The van der Waals surface area contributed by atoms with Gasteiger partial charge in [0.2, 0.25) is 0 Å². The molecule has 0 heterocycles. The van der Waals surface area contributed by atoms with E-state index in [2.05, 4.69) is 10.7 Å². The van der Waals surface area contributed by atoms with E-state index in [9.17, 15) is 4.79 Å². The SMILES string of the molecule is Cl.N=C(N)NCCC[C@H](NN)C(=O)O. The van der Waals surface area contributed by atoms with Crippen molar-refractivity contribution < 1.29 is 9.90 Å². The number of hydrogen-bond acceptors (Lipinski definition) is 4. The smallest absolute Gasteiger partial charge is 0.322 e. The van der Waals surface area contributed by atoms with Gasteiger partial charge in [0.05, 0.1) is 0 Å². The average molecular weight is 226 g/mol. The van der Waals surface area contributed by atoms with E-state index in [0.717, 1.165) is 0 Å². The van der Waals surface area contributed by atoms with Crippen LogP contribution in [0.3, 0.4) is 0 Å². The summed E-state index contributed by atoms with van der Waals surface area (Å²) in [6, 6.07) is -0.742. The number of carbonyl (C=O) groups is 1. The molecule has 0 aromatic carbocycles. The number of carboxylic acids is 1. The van der Waals surface area contributed by atoms with Crippen LogP contribution in [0.25, 0.3) is 0 Å². The molecule has 1 atom stereocenters. The fraction of sp³-hybridized carbons (Fsp3) is 0.667. The molecule has 8 heteroatoms. The molecule has 0 bridgehead atoms. The summed E-state index contributed by atoms with van der Waals surface area (Å²) in [5.41, 5.74) is 7.19. The molecule has 8 N–H and O–H groups in total. The van der Waals surface area contributed by atoms with E-state index < -0.39 is 12.0 Å². The lowest BCUT2D eigenvalue weighted by Crippen LogP contribution is -2.42. The molecule has 7 nitrogen and oxygen atoms in total. The van der Waals surface area contributed by atoms with Gasteiger partial charge in [0.1, 0.15) is 6.04 Å². The molecule has 0 rings (SSSR count). The number of hydrogen-bond donors (Lipinski definition) is 6. The minimum atomic E-state index is -0.981. The largest absolute Gasteiger partial charge is 0.480 e. The third kappa shape index (κ3) is 7.59. The zero-order chi connectivity index (χ0) is 10.3. The minimum Gasteiger partial charge on any atom is -0.480 e. The lowest BCUT2D eigenvalue weighted by molar-refractivity contribution is -0.139. The van der Waals surface area contributed by atoms with Crippen LogP contribution >= 0.6 is 12.4 Å². The number of nitrogens with one attached hydrogen (secondary N) is 3. The average Bonchev–Trinajstić information content (AvgIpc) is 2.03. The molecule has 0 saturated heterocycles. The number of rotatable bonds is 6. The van der Waals surface area contributed by atoms with Crippen molar-refractivity contribution in [3.63, 3.8) is 0 Å². The van der Waals surface area contributed by atoms with E-state index in [4.69, 9.17) is 22.1 Å². The molecule has 0 spiro atoms. The molecule has 0 aliphatic heterocycles. The highest BCUT2D eigenvalue weighted by Crippen LogP contribution is 1.94. The third-order valence-corrected chi connectivity index (χ3v) is 1.48. The second kappa shape index (κ2) is 8.54. The van der Waals surface area contributed by atoms with Gasteiger partial charge in [-0.1, -0.05) is 0 Å². The number of aliphatic carboxylic acids is 1. The molecule has 0 fully saturated rings. The van der Waals surface area contributed by atoms with Gasteiger partial charge in [0.15, 0.2) is 5.96 Å². The van der Waals surface area contributed by atoms with Crippen molar-refractivity contribution in [2.24, 2.45) is 11.6 Å². The Kier molecular flexibility index (Phi) is 9.41. The first-order valence-corrected chi connectivity index (χ1v) is 3.84. The van der Waals surface area contributed by atoms with Gasteiger partial charge in [-0.3, -0.25) is 16.0 Å². The minimum absolute atomic E-state index is 0. The Morgan fingerprint density at radius 1 is 1.57 bits per heavy atom. The van der Waals surface area contributed by atoms with E-state index in [1.54, 1.807) is 0 Å². The van der Waals surface area contributed by atoms with Gasteiger partial charge in [0.25, 0.3) is 0 Å². The van der Waals surface area contributed by atoms with Gasteiger partial charge in [-0.05, 0) is 12.8 Å². The normalized spacial score (nSPS) is 11.2. The van der Waals surface area contributed by atoms with Crippen LogP contribution < -0.4 is 22.3 Å². The summed E-state index contributed by atoms with van der Waals surface area (Å²) < 4.78 is 0. The predicted molar refractivity (Wildman–Crippen MR) is 55.1 cm³/mol. The molecule has 0 aliphatic carbocycles. The van der Waals surface area contributed by atoms with E-state index in [0.29, 0.717) is 19.4 Å². The molecule has 0 aromatic rings. The van der Waals surface area contributed by atoms with Crippen LogP contribution in [0.2, 0.25) is 0 Å². The summed E-state index contributed by atoms with van der Waals surface area (Å²) in [6.45, 7) is 0.473. The third-order valence-electron chi connectivity index (χ3n) is 1.48. The highest BCUT2D eigenvalue weighted by Gasteiger charge is 2.13. The van der Waals surface area contributed by atoms with Gasteiger partial charge >= 0.3 is 5.97 Å². The Labute approximate surface area is 88.1 Å². The van der Waals surface area contributed by atoms with Crippen molar-refractivity contribution in [3.05, 3.63) is 0 Å². The van der Waals surface area contributed by atoms with Crippen LogP contribution in [-0.4, -0.2) is 29.6 Å². The van der Waals surface area contributed by atoms with E-state index >= 15 is 0 Å². The predicted octanol–water partition coefficient (Wildman–Crippen LogP) is -1.41. The van der Waals surface area contributed by atoms with Crippen molar-refractivity contribution in [2.75, 3.05) is 6.54 Å². The molecule has 14 heavy (non-hydrogen) atoms. The first-order chi connectivity index (χ1) is 6.07. The topological polar surface area (TPSA) is 137 Å². The zero-order valence-electron chi connectivity index (χ0n) is 7.62. The number of nitrogens with two attached hydrogens (primary N) is 2. The maximum absolute atomic E-state index is 10.4. The number of halogens is 1.